The standard InChI is InChI=1S/C18H13F3N4O.C10H14N2/c1-9-6-11(7-13(23-9)17(20)21)15-14(8-26)24-18(22)25-16(15)10-2-4-12(19)5-3-10;1-11-7-9-3-2-4-10(12-9)8-5-6-8/h2-8,17H,1H3,(H2,22,24,25);2-4,8,11H,5-7H2,1H3. The fourth-order valence-corrected chi connectivity index (χ4v) is 4.02. The van der Waals surface area contributed by atoms with Crippen molar-refractivity contribution in [1.29, 1.82) is 0 Å². The molecule has 1 aliphatic rings. The molecule has 0 bridgehead atoms. The van der Waals surface area contributed by atoms with E-state index in [4.69, 9.17) is 5.73 Å². The van der Waals surface area contributed by atoms with E-state index in [1.807, 2.05) is 7.05 Å². The predicted molar refractivity (Wildman–Crippen MR) is 139 cm³/mol. The second-order valence-corrected chi connectivity index (χ2v) is 8.90. The number of carbonyl (C=O) groups is 1. The van der Waals surface area contributed by atoms with Gasteiger partial charge in [0.1, 0.15) is 17.2 Å². The van der Waals surface area contributed by atoms with Crippen LogP contribution in [0.5, 0.6) is 0 Å². The van der Waals surface area contributed by atoms with Crippen molar-refractivity contribution in [2.24, 2.45) is 0 Å². The molecule has 0 spiro atoms. The van der Waals surface area contributed by atoms with Crippen LogP contribution < -0.4 is 11.1 Å². The fourth-order valence-electron chi connectivity index (χ4n) is 4.02. The second-order valence-electron chi connectivity index (χ2n) is 8.90. The van der Waals surface area contributed by atoms with Gasteiger partial charge in [-0.3, -0.25) is 14.8 Å². The molecular weight excluding hydrogens is 493 g/mol. The van der Waals surface area contributed by atoms with Crippen LogP contribution in [0.2, 0.25) is 0 Å². The Morgan fingerprint density at radius 3 is 2.39 bits per heavy atom. The third-order valence-electron chi connectivity index (χ3n) is 5.85. The van der Waals surface area contributed by atoms with Crippen LogP contribution in [0.25, 0.3) is 22.4 Å². The maximum atomic E-state index is 13.2. The minimum atomic E-state index is -2.78. The highest BCUT2D eigenvalue weighted by Crippen LogP contribution is 2.39. The van der Waals surface area contributed by atoms with Crippen LogP contribution in [0.1, 0.15) is 58.4 Å². The summed E-state index contributed by atoms with van der Waals surface area (Å²) < 4.78 is 39.5. The van der Waals surface area contributed by atoms with Crippen molar-refractivity contribution in [2.75, 3.05) is 12.8 Å². The van der Waals surface area contributed by atoms with Crippen molar-refractivity contribution in [3.05, 3.63) is 88.9 Å². The van der Waals surface area contributed by atoms with Crippen molar-refractivity contribution in [2.45, 2.75) is 38.7 Å². The summed E-state index contributed by atoms with van der Waals surface area (Å²) in [6.45, 7) is 2.44. The number of nitrogens with one attached hydrogen (secondary N) is 1. The molecule has 5 rings (SSSR count). The number of aryl methyl sites for hydroxylation is 1. The minimum Gasteiger partial charge on any atom is -0.368 e. The average Bonchev–Trinajstić information content (AvgIpc) is 3.75. The van der Waals surface area contributed by atoms with Crippen LogP contribution >= 0.6 is 0 Å². The predicted octanol–water partition coefficient (Wildman–Crippen LogP) is 5.66. The lowest BCUT2D eigenvalue weighted by Crippen LogP contribution is -2.07. The summed E-state index contributed by atoms with van der Waals surface area (Å²) >= 11 is 0. The summed E-state index contributed by atoms with van der Waals surface area (Å²) in [7, 11) is 1.95. The third kappa shape index (κ3) is 6.57. The number of nitrogens with two attached hydrogens (primary N) is 1. The molecule has 0 aliphatic heterocycles. The highest BCUT2D eigenvalue weighted by atomic mass is 19.3. The van der Waals surface area contributed by atoms with Gasteiger partial charge in [0.05, 0.1) is 11.4 Å². The number of alkyl halides is 2. The van der Waals surface area contributed by atoms with Gasteiger partial charge in [0.2, 0.25) is 5.95 Å². The van der Waals surface area contributed by atoms with Crippen LogP contribution in [0, 0.1) is 12.7 Å². The first-order chi connectivity index (χ1) is 18.3. The molecule has 7 nitrogen and oxygen atoms in total. The van der Waals surface area contributed by atoms with E-state index in [9.17, 15) is 18.0 Å². The molecule has 3 aromatic heterocycles. The van der Waals surface area contributed by atoms with Crippen LogP contribution in [0.15, 0.2) is 54.6 Å². The number of pyridine rings is 2. The lowest BCUT2D eigenvalue weighted by Gasteiger charge is -2.13. The van der Waals surface area contributed by atoms with Gasteiger partial charge in [-0.15, -0.1) is 0 Å². The van der Waals surface area contributed by atoms with Crippen molar-refractivity contribution in [3.8, 4) is 22.4 Å². The van der Waals surface area contributed by atoms with Gasteiger partial charge < -0.3 is 11.1 Å². The number of hydrogen-bond acceptors (Lipinski definition) is 7. The number of aldehydes is 1. The monoisotopic (exact) mass is 520 g/mol. The molecule has 3 heterocycles. The summed E-state index contributed by atoms with van der Waals surface area (Å²) in [5, 5.41) is 3.11. The molecule has 10 heteroatoms. The Morgan fingerprint density at radius 2 is 1.76 bits per heavy atom. The molecule has 1 saturated carbocycles. The summed E-state index contributed by atoms with van der Waals surface area (Å²) in [4.78, 5) is 27.9. The highest BCUT2D eigenvalue weighted by Gasteiger charge is 2.24. The average molecular weight is 521 g/mol. The van der Waals surface area contributed by atoms with Crippen LogP contribution in [0.3, 0.4) is 0 Å². The van der Waals surface area contributed by atoms with Gasteiger partial charge in [-0.05, 0) is 80.9 Å². The number of anilines is 1. The van der Waals surface area contributed by atoms with E-state index in [-0.39, 0.29) is 22.9 Å². The molecule has 0 saturated heterocycles. The van der Waals surface area contributed by atoms with Crippen LogP contribution in [-0.2, 0) is 6.54 Å². The number of rotatable bonds is 7. The Labute approximate surface area is 218 Å². The number of carbonyl (C=O) groups excluding carboxylic acids is 1. The van der Waals surface area contributed by atoms with Crippen molar-refractivity contribution in [1.82, 2.24) is 25.3 Å². The number of nitrogens with zero attached hydrogens (tertiary/aromatic N) is 4. The molecule has 0 amide bonds. The van der Waals surface area contributed by atoms with Gasteiger partial charge in [-0.2, -0.15) is 0 Å². The molecule has 0 atom stereocenters. The molecule has 0 radical (unpaired) electrons. The number of benzene rings is 1. The zero-order chi connectivity index (χ0) is 27.2. The van der Waals surface area contributed by atoms with Gasteiger partial charge in [-0.25, -0.2) is 23.1 Å². The Balaban J connectivity index is 0.000000232. The van der Waals surface area contributed by atoms with Crippen molar-refractivity contribution in [3.63, 3.8) is 0 Å². The molecular formula is C28H27F3N6O. The van der Waals surface area contributed by atoms with Gasteiger partial charge in [0, 0.05) is 35.0 Å². The molecule has 196 valence electrons. The second kappa shape index (κ2) is 11.9. The molecule has 1 aliphatic carbocycles. The van der Waals surface area contributed by atoms with Crippen molar-refractivity contribution >= 4 is 12.2 Å². The molecule has 1 aromatic carbocycles. The first-order valence-electron chi connectivity index (χ1n) is 12.0. The Morgan fingerprint density at radius 1 is 1.03 bits per heavy atom. The summed E-state index contributed by atoms with van der Waals surface area (Å²) in [5.74, 6) is 0.157. The topological polar surface area (TPSA) is 107 Å². The van der Waals surface area contributed by atoms with Gasteiger partial charge >= 0.3 is 0 Å². The number of halogens is 3. The van der Waals surface area contributed by atoms with E-state index in [1.165, 1.54) is 48.9 Å². The highest BCUT2D eigenvalue weighted by molar-refractivity contribution is 5.93. The Bertz CT molecular complexity index is 1430. The lowest BCUT2D eigenvalue weighted by atomic mass is 9.97. The quantitative estimate of drug-likeness (QED) is 0.303. The first-order valence-corrected chi connectivity index (χ1v) is 12.0. The molecule has 0 unspecified atom stereocenters. The summed E-state index contributed by atoms with van der Waals surface area (Å²) in [6.07, 6.45) is 0.349. The Hall–Kier alpha value is -4.18. The minimum absolute atomic E-state index is 0.0531. The third-order valence-corrected chi connectivity index (χ3v) is 5.85. The SMILES string of the molecule is CNCc1cccc(C2CC2)n1.Cc1cc(-c2c(C=O)nc(N)nc2-c2ccc(F)cc2)cc(C(F)F)n1. The number of hydrogen-bond donors (Lipinski definition) is 2. The zero-order valence-corrected chi connectivity index (χ0v) is 21.0. The molecule has 4 aromatic rings. The summed E-state index contributed by atoms with van der Waals surface area (Å²) in [6, 6.07) is 14.4. The number of aromatic nitrogens is 4. The van der Waals surface area contributed by atoms with Crippen LogP contribution in [-0.4, -0.2) is 33.3 Å². The van der Waals surface area contributed by atoms with E-state index in [2.05, 4.69) is 43.5 Å². The van der Waals surface area contributed by atoms with Crippen molar-refractivity contribution < 1.29 is 18.0 Å². The normalized spacial score (nSPS) is 12.7. The molecule has 3 N–H and O–H groups in total. The van der Waals surface area contributed by atoms with Crippen LogP contribution in [0.4, 0.5) is 19.1 Å². The van der Waals surface area contributed by atoms with E-state index in [0.717, 1.165) is 18.2 Å². The Kier molecular flexibility index (Phi) is 8.42. The number of nitrogen functional groups attached to an aromatic ring is 1. The zero-order valence-electron chi connectivity index (χ0n) is 21.0. The van der Waals surface area contributed by atoms with E-state index in [1.54, 1.807) is 13.0 Å². The lowest BCUT2D eigenvalue weighted by molar-refractivity contribution is 0.111. The van der Waals surface area contributed by atoms with Gasteiger partial charge in [0.25, 0.3) is 6.43 Å². The van der Waals surface area contributed by atoms with E-state index < -0.39 is 17.9 Å². The molecule has 1 fully saturated rings. The largest absolute Gasteiger partial charge is 0.368 e. The fraction of sp³-hybridized carbons (Fsp3) is 0.250. The summed E-state index contributed by atoms with van der Waals surface area (Å²) in [5.41, 5.74) is 9.20. The van der Waals surface area contributed by atoms with E-state index >= 15 is 0 Å². The van der Waals surface area contributed by atoms with Gasteiger partial charge in [0.15, 0.2) is 6.29 Å². The molecule has 38 heavy (non-hydrogen) atoms. The first kappa shape index (κ1) is 26.9. The van der Waals surface area contributed by atoms with E-state index in [0.29, 0.717) is 23.1 Å². The smallest absolute Gasteiger partial charge is 0.280 e. The van der Waals surface area contributed by atoms with Gasteiger partial charge in [-0.1, -0.05) is 6.07 Å². The maximum absolute atomic E-state index is 13.2. The maximum Gasteiger partial charge on any atom is 0.280 e.